The molecule has 0 saturated carbocycles. The average Bonchev–Trinajstić information content (AvgIpc) is 3.40. The lowest BCUT2D eigenvalue weighted by Gasteiger charge is -2.29. The molecule has 0 unspecified atom stereocenters. The molecule has 172 valence electrons. The minimum atomic E-state index is -0.0591. The number of nitrogens with one attached hydrogen (secondary N) is 1. The van der Waals surface area contributed by atoms with Gasteiger partial charge in [-0.1, -0.05) is 0 Å². The van der Waals surface area contributed by atoms with Gasteiger partial charge in [-0.15, -0.1) is 0 Å². The first-order chi connectivity index (χ1) is 15.7. The molecule has 0 bridgehead atoms. The van der Waals surface area contributed by atoms with Gasteiger partial charge in [-0.25, -0.2) is 9.97 Å². The van der Waals surface area contributed by atoms with E-state index in [2.05, 4.69) is 19.9 Å². The Morgan fingerprint density at radius 2 is 1.94 bits per heavy atom. The molecule has 0 aromatic carbocycles. The Morgan fingerprint density at radius 1 is 1.16 bits per heavy atom. The molecule has 0 radical (unpaired) electrons. The van der Waals surface area contributed by atoms with Crippen LogP contribution in [0.25, 0.3) is 0 Å². The van der Waals surface area contributed by atoms with Gasteiger partial charge in [-0.05, 0) is 31.7 Å². The number of nitrogens with zero attached hydrogens (tertiary/aromatic N) is 4. The molecule has 3 aliphatic heterocycles. The second kappa shape index (κ2) is 10.6. The first-order valence-electron chi connectivity index (χ1n) is 11.3. The molecule has 2 aromatic rings. The number of carbonyl (C=O) groups excluding carboxylic acids is 1. The quantitative estimate of drug-likeness (QED) is 0.775. The minimum absolute atomic E-state index is 0.0591. The number of aromatic nitrogens is 3. The monoisotopic (exact) mass is 441 g/mol. The van der Waals surface area contributed by atoms with Crippen molar-refractivity contribution in [3.8, 4) is 5.88 Å². The fourth-order valence-electron chi connectivity index (χ4n) is 4.40. The van der Waals surface area contributed by atoms with Gasteiger partial charge in [0.1, 0.15) is 0 Å². The summed E-state index contributed by atoms with van der Waals surface area (Å²) in [5.74, 6) is 1.22. The lowest BCUT2D eigenvalue weighted by molar-refractivity contribution is -0.137. The second-order valence-corrected chi connectivity index (χ2v) is 8.31. The molecule has 5 heterocycles. The summed E-state index contributed by atoms with van der Waals surface area (Å²) in [4.78, 5) is 38.8. The predicted molar refractivity (Wildman–Crippen MR) is 120 cm³/mol. The molecule has 0 atom stereocenters. The molecule has 0 spiro atoms. The lowest BCUT2D eigenvalue weighted by atomic mass is 9.99. The van der Waals surface area contributed by atoms with Gasteiger partial charge < -0.3 is 24.3 Å². The molecule has 9 nitrogen and oxygen atoms in total. The smallest absolute Gasteiger partial charge is 0.255 e. The maximum atomic E-state index is 11.9. The van der Waals surface area contributed by atoms with Crippen molar-refractivity contribution in [2.45, 2.75) is 38.6 Å². The molecule has 1 N–H and O–H groups in total. The molecule has 2 aromatic heterocycles. The summed E-state index contributed by atoms with van der Waals surface area (Å²) in [7, 11) is 1.59. The van der Waals surface area contributed by atoms with E-state index in [-0.39, 0.29) is 11.5 Å². The standard InChI is InChI=1S/C13H14N4O2.C10H17NO2/c1-19-12-3-2-9(6-14-12)17-5-4-11-10(7-17)13(18)16-8-15-11;12-10(11-5-1-2-6-11)9-3-7-13-8-4-9/h2-3,6,8H,4-5,7H2,1H3,(H,15,16,18);9H,1-8H2. The van der Waals surface area contributed by atoms with E-state index in [9.17, 15) is 9.59 Å². The Kier molecular flexibility index (Phi) is 7.36. The van der Waals surface area contributed by atoms with Crippen molar-refractivity contribution in [3.05, 3.63) is 46.3 Å². The molecule has 2 saturated heterocycles. The van der Waals surface area contributed by atoms with Crippen molar-refractivity contribution >= 4 is 11.6 Å². The van der Waals surface area contributed by atoms with Crippen molar-refractivity contribution in [1.29, 1.82) is 0 Å². The SMILES string of the molecule is COc1ccc(N2CCc3nc[nH]c(=O)c3C2)cn1.O=C(C1CCOCC1)N1CCCC1. The molecule has 0 aliphatic carbocycles. The van der Waals surface area contributed by atoms with Crippen LogP contribution < -0.4 is 15.2 Å². The molecule has 9 heteroatoms. The molecule has 1 amide bonds. The van der Waals surface area contributed by atoms with Crippen LogP contribution in [-0.2, 0) is 22.5 Å². The van der Waals surface area contributed by atoms with Crippen LogP contribution in [0.4, 0.5) is 5.69 Å². The van der Waals surface area contributed by atoms with Gasteiger partial charge in [-0.2, -0.15) is 0 Å². The predicted octanol–water partition coefficient (Wildman–Crippen LogP) is 1.77. The highest BCUT2D eigenvalue weighted by Gasteiger charge is 2.27. The fourth-order valence-corrected chi connectivity index (χ4v) is 4.40. The normalized spacial score (nSPS) is 18.5. The van der Waals surface area contributed by atoms with Crippen LogP contribution in [0.2, 0.25) is 0 Å². The van der Waals surface area contributed by atoms with E-state index in [1.807, 2.05) is 17.0 Å². The number of ether oxygens (including phenoxy) is 2. The van der Waals surface area contributed by atoms with E-state index in [0.717, 1.165) is 69.1 Å². The van der Waals surface area contributed by atoms with Crippen LogP contribution in [0.5, 0.6) is 5.88 Å². The van der Waals surface area contributed by atoms with E-state index in [1.165, 1.54) is 19.2 Å². The number of carbonyl (C=O) groups is 1. The highest BCUT2D eigenvalue weighted by molar-refractivity contribution is 5.79. The number of anilines is 1. The summed E-state index contributed by atoms with van der Waals surface area (Å²) in [5, 5.41) is 0. The number of amides is 1. The van der Waals surface area contributed by atoms with Crippen LogP contribution in [0.1, 0.15) is 36.9 Å². The minimum Gasteiger partial charge on any atom is -0.481 e. The maximum absolute atomic E-state index is 11.9. The molecular formula is C23H31N5O4. The summed E-state index contributed by atoms with van der Waals surface area (Å²) in [6.07, 6.45) is 8.22. The van der Waals surface area contributed by atoms with Crippen molar-refractivity contribution in [1.82, 2.24) is 19.9 Å². The third-order valence-electron chi connectivity index (χ3n) is 6.29. The number of aromatic amines is 1. The Labute approximate surface area is 187 Å². The number of rotatable bonds is 3. The number of likely N-dealkylation sites (tertiary alicyclic amines) is 1. The van der Waals surface area contributed by atoms with Gasteiger partial charge >= 0.3 is 0 Å². The van der Waals surface area contributed by atoms with Crippen LogP contribution in [0.15, 0.2) is 29.5 Å². The number of fused-ring (bicyclic) bond motifs is 1. The Balaban J connectivity index is 0.000000165. The Hall–Kier alpha value is -2.94. The van der Waals surface area contributed by atoms with Crippen LogP contribution in [0.3, 0.4) is 0 Å². The van der Waals surface area contributed by atoms with Gasteiger partial charge in [0.05, 0.1) is 43.1 Å². The summed E-state index contributed by atoms with van der Waals surface area (Å²) in [6, 6.07) is 3.76. The first kappa shape index (κ1) is 22.3. The lowest BCUT2D eigenvalue weighted by Crippen LogP contribution is -2.36. The highest BCUT2D eigenvalue weighted by Crippen LogP contribution is 2.22. The fraction of sp³-hybridized carbons (Fsp3) is 0.565. The first-order valence-corrected chi connectivity index (χ1v) is 11.3. The number of hydrogen-bond donors (Lipinski definition) is 1. The zero-order valence-electron chi connectivity index (χ0n) is 18.6. The topological polar surface area (TPSA) is 101 Å². The average molecular weight is 442 g/mol. The summed E-state index contributed by atoms with van der Waals surface area (Å²) in [6.45, 7) is 4.89. The number of H-pyrrole nitrogens is 1. The van der Waals surface area contributed by atoms with Crippen molar-refractivity contribution in [3.63, 3.8) is 0 Å². The van der Waals surface area contributed by atoms with Crippen molar-refractivity contribution in [2.75, 3.05) is 44.9 Å². The molecule has 5 rings (SSSR count). The van der Waals surface area contributed by atoms with E-state index in [0.29, 0.717) is 18.3 Å². The largest absolute Gasteiger partial charge is 0.481 e. The third-order valence-corrected chi connectivity index (χ3v) is 6.29. The van der Waals surface area contributed by atoms with Crippen molar-refractivity contribution in [2.24, 2.45) is 5.92 Å². The van der Waals surface area contributed by atoms with Gasteiger partial charge in [0.15, 0.2) is 0 Å². The van der Waals surface area contributed by atoms with Crippen LogP contribution in [-0.4, -0.2) is 65.7 Å². The molecule has 3 aliphatic rings. The van der Waals surface area contributed by atoms with Gasteiger partial charge in [0.2, 0.25) is 11.8 Å². The van der Waals surface area contributed by atoms with Gasteiger partial charge in [0.25, 0.3) is 5.56 Å². The van der Waals surface area contributed by atoms with Crippen molar-refractivity contribution < 1.29 is 14.3 Å². The maximum Gasteiger partial charge on any atom is 0.255 e. The molecule has 32 heavy (non-hydrogen) atoms. The van der Waals surface area contributed by atoms with E-state index in [1.54, 1.807) is 13.3 Å². The number of methoxy groups -OCH3 is 1. The summed E-state index contributed by atoms with van der Waals surface area (Å²) in [5.41, 5.74) is 2.55. The van der Waals surface area contributed by atoms with Gasteiger partial charge in [0, 0.05) is 51.3 Å². The zero-order valence-corrected chi connectivity index (χ0v) is 18.6. The Morgan fingerprint density at radius 3 is 2.62 bits per heavy atom. The van der Waals surface area contributed by atoms with Crippen LogP contribution in [0, 0.1) is 5.92 Å². The van der Waals surface area contributed by atoms with E-state index >= 15 is 0 Å². The number of pyridine rings is 1. The molecular weight excluding hydrogens is 410 g/mol. The molecule has 2 fully saturated rings. The van der Waals surface area contributed by atoms with E-state index in [4.69, 9.17) is 9.47 Å². The third kappa shape index (κ3) is 5.27. The number of hydrogen-bond acceptors (Lipinski definition) is 7. The second-order valence-electron chi connectivity index (χ2n) is 8.31. The summed E-state index contributed by atoms with van der Waals surface area (Å²) >= 11 is 0. The Bertz CT molecular complexity index is 950. The summed E-state index contributed by atoms with van der Waals surface area (Å²) < 4.78 is 10.3. The van der Waals surface area contributed by atoms with E-state index < -0.39 is 0 Å². The zero-order chi connectivity index (χ0) is 22.3. The van der Waals surface area contributed by atoms with Crippen LogP contribution >= 0.6 is 0 Å². The highest BCUT2D eigenvalue weighted by atomic mass is 16.5. The van der Waals surface area contributed by atoms with Gasteiger partial charge in [-0.3, -0.25) is 9.59 Å².